The third kappa shape index (κ3) is 3.80. The molecule has 0 aliphatic carbocycles. The van der Waals surface area contributed by atoms with E-state index in [1.807, 2.05) is 65.7 Å². The van der Waals surface area contributed by atoms with Crippen LogP contribution in [0.1, 0.15) is 6.42 Å². The van der Waals surface area contributed by atoms with Gasteiger partial charge in [-0.2, -0.15) is 0 Å². The molecule has 0 bridgehead atoms. The monoisotopic (exact) mass is 403 g/mol. The molecule has 0 saturated carbocycles. The lowest BCUT2D eigenvalue weighted by molar-refractivity contribution is -0.127. The number of H-pyrrole nitrogens is 1. The van der Waals surface area contributed by atoms with Gasteiger partial charge in [-0.1, -0.05) is 36.4 Å². The zero-order chi connectivity index (χ0) is 19.6. The zero-order valence-electron chi connectivity index (χ0n) is 15.9. The van der Waals surface area contributed by atoms with Gasteiger partial charge in [0, 0.05) is 46.4 Å². The molecule has 1 N–H and O–H groups in total. The number of hydrogen-bond donors (Lipinski definition) is 1. The maximum Gasteiger partial charge on any atom is 0.233 e. The molecule has 3 heterocycles. The second-order valence-electron chi connectivity index (χ2n) is 7.20. The van der Waals surface area contributed by atoms with Crippen molar-refractivity contribution in [2.45, 2.75) is 17.4 Å². The number of nitrogens with zero attached hydrogens (tertiary/aromatic N) is 2. The average molecular weight is 404 g/mol. The molecule has 6 heteroatoms. The number of nitrogens with one attached hydrogen (secondary N) is 1. The number of carbonyl (C=O) groups is 1. The van der Waals surface area contributed by atoms with Gasteiger partial charge in [0.05, 0.1) is 17.8 Å². The number of benzene rings is 2. The highest BCUT2D eigenvalue weighted by Crippen LogP contribution is 2.28. The van der Waals surface area contributed by atoms with Gasteiger partial charge in [0.15, 0.2) is 0 Å². The number of aromatic nitrogens is 2. The van der Waals surface area contributed by atoms with Crippen LogP contribution >= 0.6 is 11.8 Å². The zero-order valence-corrected chi connectivity index (χ0v) is 16.7. The molecule has 1 atom stereocenters. The lowest BCUT2D eigenvalue weighted by atomic mass is 10.2. The number of fused-ring (bicyclic) bond motifs is 2. The number of carbonyl (C=O) groups excluding carboxylic acids is 1. The molecule has 1 aliphatic rings. The Morgan fingerprint density at radius 3 is 2.97 bits per heavy atom. The Morgan fingerprint density at radius 1 is 1.14 bits per heavy atom. The molecule has 0 radical (unpaired) electrons. The first-order valence-electron chi connectivity index (χ1n) is 9.75. The Bertz CT molecular complexity index is 1170. The number of likely N-dealkylation sites (tertiary alicyclic amines) is 1. The second kappa shape index (κ2) is 7.79. The smallest absolute Gasteiger partial charge is 0.233 e. The van der Waals surface area contributed by atoms with Gasteiger partial charge < -0.3 is 14.6 Å². The van der Waals surface area contributed by atoms with Gasteiger partial charge in [-0.15, -0.1) is 11.8 Å². The van der Waals surface area contributed by atoms with Crippen molar-refractivity contribution in [1.82, 2.24) is 14.9 Å². The Balaban J connectivity index is 1.18. The number of ether oxygens (including phenoxy) is 1. The number of aromatic amines is 1. The van der Waals surface area contributed by atoms with Gasteiger partial charge in [0.25, 0.3) is 0 Å². The first-order valence-corrected chi connectivity index (χ1v) is 10.7. The second-order valence-corrected chi connectivity index (χ2v) is 8.21. The Kier molecular flexibility index (Phi) is 4.86. The number of pyridine rings is 1. The number of rotatable bonds is 5. The fourth-order valence-corrected chi connectivity index (χ4v) is 4.67. The normalized spacial score (nSPS) is 16.6. The van der Waals surface area contributed by atoms with Crippen LogP contribution in [0.3, 0.4) is 0 Å². The predicted octanol–water partition coefficient (Wildman–Crippen LogP) is 4.49. The van der Waals surface area contributed by atoms with Crippen molar-refractivity contribution in [3.63, 3.8) is 0 Å². The van der Waals surface area contributed by atoms with E-state index in [4.69, 9.17) is 4.74 Å². The van der Waals surface area contributed by atoms with E-state index in [9.17, 15) is 4.79 Å². The minimum absolute atomic E-state index is 0.00861. The SMILES string of the molecule is O=C(CSc1c[nH]c2ccccc12)N1CCC(Oc2ccc3ccccc3n2)C1. The molecule has 5 rings (SSSR count). The Morgan fingerprint density at radius 2 is 2.00 bits per heavy atom. The molecule has 2 aromatic carbocycles. The lowest BCUT2D eigenvalue weighted by Crippen LogP contribution is -2.32. The van der Waals surface area contributed by atoms with Crippen LogP contribution in [0.4, 0.5) is 0 Å². The molecule has 5 nitrogen and oxygen atoms in total. The maximum atomic E-state index is 12.7. The summed E-state index contributed by atoms with van der Waals surface area (Å²) in [6.45, 7) is 1.34. The van der Waals surface area contributed by atoms with Crippen molar-refractivity contribution in [1.29, 1.82) is 0 Å². The van der Waals surface area contributed by atoms with Crippen molar-refractivity contribution in [3.05, 3.63) is 66.9 Å². The Labute approximate surface area is 173 Å². The summed E-state index contributed by atoms with van der Waals surface area (Å²) in [5.74, 6) is 1.21. The number of thioether (sulfide) groups is 1. The number of amides is 1. The molecular weight excluding hydrogens is 382 g/mol. The van der Waals surface area contributed by atoms with E-state index < -0.39 is 0 Å². The van der Waals surface area contributed by atoms with Crippen molar-refractivity contribution < 1.29 is 9.53 Å². The first-order chi connectivity index (χ1) is 14.3. The predicted molar refractivity (Wildman–Crippen MR) is 116 cm³/mol. The van der Waals surface area contributed by atoms with Gasteiger partial charge in [0.1, 0.15) is 6.10 Å². The van der Waals surface area contributed by atoms with E-state index in [0.717, 1.165) is 39.7 Å². The van der Waals surface area contributed by atoms with Crippen LogP contribution in [-0.2, 0) is 4.79 Å². The van der Waals surface area contributed by atoms with Crippen LogP contribution in [0.2, 0.25) is 0 Å². The fourth-order valence-electron chi connectivity index (χ4n) is 3.73. The third-order valence-corrected chi connectivity index (χ3v) is 6.30. The van der Waals surface area contributed by atoms with Crippen LogP contribution in [-0.4, -0.2) is 45.7 Å². The summed E-state index contributed by atoms with van der Waals surface area (Å²) in [5.41, 5.74) is 2.02. The minimum Gasteiger partial charge on any atom is -0.472 e. The van der Waals surface area contributed by atoms with Crippen molar-refractivity contribution in [2.24, 2.45) is 0 Å². The summed E-state index contributed by atoms with van der Waals surface area (Å²) in [4.78, 5) is 23.5. The van der Waals surface area contributed by atoms with Crippen LogP contribution < -0.4 is 4.74 Å². The van der Waals surface area contributed by atoms with Crippen molar-refractivity contribution in [3.8, 4) is 5.88 Å². The fraction of sp³-hybridized carbons (Fsp3) is 0.217. The lowest BCUT2D eigenvalue weighted by Gasteiger charge is -2.17. The van der Waals surface area contributed by atoms with E-state index in [-0.39, 0.29) is 12.0 Å². The molecular formula is C23H21N3O2S. The van der Waals surface area contributed by atoms with Crippen LogP contribution in [0.5, 0.6) is 5.88 Å². The summed E-state index contributed by atoms with van der Waals surface area (Å²) >= 11 is 1.58. The molecule has 29 heavy (non-hydrogen) atoms. The van der Waals surface area contributed by atoms with E-state index in [1.54, 1.807) is 11.8 Å². The van der Waals surface area contributed by atoms with Crippen molar-refractivity contribution in [2.75, 3.05) is 18.8 Å². The van der Waals surface area contributed by atoms with Crippen LogP contribution in [0.25, 0.3) is 21.8 Å². The minimum atomic E-state index is -0.00861. The third-order valence-electron chi connectivity index (χ3n) is 5.26. The summed E-state index contributed by atoms with van der Waals surface area (Å²) < 4.78 is 6.06. The highest BCUT2D eigenvalue weighted by atomic mass is 32.2. The van der Waals surface area contributed by atoms with Gasteiger partial charge in [-0.3, -0.25) is 4.79 Å². The summed E-state index contributed by atoms with van der Waals surface area (Å²) in [5, 5.41) is 2.26. The molecule has 1 fully saturated rings. The molecule has 0 spiro atoms. The molecule has 146 valence electrons. The molecule has 1 unspecified atom stereocenters. The van der Waals surface area contributed by atoms with Gasteiger partial charge in [-0.25, -0.2) is 4.98 Å². The molecule has 1 aliphatic heterocycles. The Hall–Kier alpha value is -2.99. The van der Waals surface area contributed by atoms with Crippen molar-refractivity contribution >= 4 is 39.5 Å². The summed E-state index contributed by atoms with van der Waals surface area (Å²) in [6.07, 6.45) is 2.80. The summed E-state index contributed by atoms with van der Waals surface area (Å²) in [6, 6.07) is 20.1. The topological polar surface area (TPSA) is 58.2 Å². The van der Waals surface area contributed by atoms with E-state index in [0.29, 0.717) is 18.2 Å². The molecule has 2 aromatic heterocycles. The van der Waals surface area contributed by atoms with E-state index in [1.165, 1.54) is 0 Å². The standard InChI is InChI=1S/C23H21N3O2S/c27-23(15-29-21-13-24-20-8-4-2-6-18(20)21)26-12-11-17(14-26)28-22-10-9-16-5-1-3-7-19(16)25-22/h1-10,13,17,24H,11-12,14-15H2. The van der Waals surface area contributed by atoms with Crippen LogP contribution in [0, 0.1) is 0 Å². The summed E-state index contributed by atoms with van der Waals surface area (Å²) in [7, 11) is 0. The van der Waals surface area contributed by atoms with Gasteiger partial charge in [0.2, 0.25) is 11.8 Å². The highest BCUT2D eigenvalue weighted by molar-refractivity contribution is 8.00. The first kappa shape index (κ1) is 18.1. The number of hydrogen-bond acceptors (Lipinski definition) is 4. The van der Waals surface area contributed by atoms with Gasteiger partial charge >= 0.3 is 0 Å². The quantitative estimate of drug-likeness (QED) is 0.499. The highest BCUT2D eigenvalue weighted by Gasteiger charge is 2.28. The molecule has 4 aromatic rings. The van der Waals surface area contributed by atoms with E-state index in [2.05, 4.69) is 16.0 Å². The van der Waals surface area contributed by atoms with E-state index >= 15 is 0 Å². The maximum absolute atomic E-state index is 12.7. The van der Waals surface area contributed by atoms with Gasteiger partial charge in [-0.05, 0) is 18.2 Å². The average Bonchev–Trinajstić information content (AvgIpc) is 3.39. The molecule has 1 saturated heterocycles. The number of para-hydroxylation sites is 2. The van der Waals surface area contributed by atoms with Crippen LogP contribution in [0.15, 0.2) is 71.8 Å². The largest absolute Gasteiger partial charge is 0.472 e. The molecule has 1 amide bonds.